The number of nitrogens with zero attached hydrogens (tertiary/aromatic N) is 2. The van der Waals surface area contributed by atoms with Gasteiger partial charge in [-0.2, -0.15) is 0 Å². The Morgan fingerprint density at radius 1 is 1.12 bits per heavy atom. The summed E-state index contributed by atoms with van der Waals surface area (Å²) in [5.41, 5.74) is 2.03. The summed E-state index contributed by atoms with van der Waals surface area (Å²) in [6, 6.07) is 0. The zero-order valence-electron chi connectivity index (χ0n) is 10.9. The fourth-order valence-electron chi connectivity index (χ4n) is 1.28. The minimum absolute atomic E-state index is 0.00548. The Bertz CT molecular complexity index is 259. The van der Waals surface area contributed by atoms with Gasteiger partial charge >= 0.3 is 0 Å². The van der Waals surface area contributed by atoms with E-state index in [4.69, 9.17) is 0 Å². The zero-order valence-corrected chi connectivity index (χ0v) is 12.0. The summed E-state index contributed by atoms with van der Waals surface area (Å²) < 4.78 is 3.38. The molecule has 92 valence electrons. The van der Waals surface area contributed by atoms with E-state index in [9.17, 15) is 9.59 Å². The van der Waals surface area contributed by atoms with Crippen molar-refractivity contribution in [2.75, 3.05) is 14.1 Å². The summed E-state index contributed by atoms with van der Waals surface area (Å²) in [7, 11) is 1.74. The fourth-order valence-corrected chi connectivity index (χ4v) is 3.49. The maximum Gasteiger partial charge on any atom is 0.277 e. The topological polar surface area (TPSA) is 40.6 Å². The molecule has 2 amide bonds. The highest BCUT2D eigenvalue weighted by molar-refractivity contribution is 6.63. The molecule has 4 nitrogen and oxygen atoms in total. The Kier molecular flexibility index (Phi) is 6.72. The van der Waals surface area contributed by atoms with Crippen LogP contribution in [0.25, 0.3) is 0 Å². The van der Waals surface area contributed by atoms with Crippen LogP contribution >= 0.6 is 0 Å². The molecule has 0 heterocycles. The lowest BCUT2D eigenvalue weighted by Gasteiger charge is -2.30. The summed E-state index contributed by atoms with van der Waals surface area (Å²) >= 11 is 0. The van der Waals surface area contributed by atoms with Crippen molar-refractivity contribution in [2.24, 2.45) is 0 Å². The molecule has 0 atom stereocenters. The lowest BCUT2D eigenvalue weighted by Crippen LogP contribution is -2.51. The van der Waals surface area contributed by atoms with Gasteiger partial charge in [-0.25, -0.2) is 0 Å². The third-order valence-corrected chi connectivity index (χ3v) is 5.48. The van der Waals surface area contributed by atoms with Gasteiger partial charge in [0.15, 0.2) is 0 Å². The summed E-state index contributed by atoms with van der Waals surface area (Å²) in [5.74, 6) is 0.0110. The van der Waals surface area contributed by atoms with Crippen LogP contribution in [-0.2, 0) is 9.59 Å². The molecule has 0 fully saturated rings. The molecular formula is C11H22N2O2Si. The largest absolute Gasteiger partial charge is 0.354 e. The molecule has 0 bridgehead atoms. The number of carbonyl (C=O) groups excluding carboxylic acids is 2. The SMILES string of the molecule is CCCC=C[SiH](N(C)C(C)=O)N(C)C(C)=O. The first-order valence-corrected chi connectivity index (χ1v) is 7.25. The Balaban J connectivity index is 4.75. The zero-order chi connectivity index (χ0) is 12.7. The van der Waals surface area contributed by atoms with Crippen molar-refractivity contribution in [3.63, 3.8) is 0 Å². The first kappa shape index (κ1) is 14.9. The third kappa shape index (κ3) is 4.61. The second-order valence-electron chi connectivity index (χ2n) is 3.89. The lowest BCUT2D eigenvalue weighted by molar-refractivity contribution is -0.125. The summed E-state index contributed by atoms with van der Waals surface area (Å²) in [6.45, 7) is 5.16. The molecule has 0 rings (SSSR count). The molecular weight excluding hydrogens is 220 g/mol. The van der Waals surface area contributed by atoms with Gasteiger partial charge in [-0.1, -0.05) is 25.1 Å². The van der Waals surface area contributed by atoms with Crippen LogP contribution in [0.15, 0.2) is 11.8 Å². The number of rotatable bonds is 5. The summed E-state index contributed by atoms with van der Waals surface area (Å²) in [5, 5.41) is 0. The van der Waals surface area contributed by atoms with Gasteiger partial charge in [0.25, 0.3) is 9.12 Å². The summed E-state index contributed by atoms with van der Waals surface area (Å²) in [4.78, 5) is 22.7. The number of allylic oxidation sites excluding steroid dienone is 1. The van der Waals surface area contributed by atoms with Gasteiger partial charge in [-0.15, -0.1) is 0 Å². The molecule has 16 heavy (non-hydrogen) atoms. The Hall–Kier alpha value is -1.10. The van der Waals surface area contributed by atoms with E-state index in [0.717, 1.165) is 12.8 Å². The number of amides is 2. The molecule has 0 aromatic carbocycles. The fraction of sp³-hybridized carbons (Fsp3) is 0.636. The average molecular weight is 242 g/mol. The highest BCUT2D eigenvalue weighted by atomic mass is 28.3. The van der Waals surface area contributed by atoms with Crippen molar-refractivity contribution in [3.8, 4) is 0 Å². The van der Waals surface area contributed by atoms with Gasteiger partial charge in [0, 0.05) is 27.9 Å². The van der Waals surface area contributed by atoms with Gasteiger partial charge in [0.05, 0.1) is 0 Å². The minimum Gasteiger partial charge on any atom is -0.354 e. The maximum atomic E-state index is 11.3. The molecule has 0 aliphatic rings. The van der Waals surface area contributed by atoms with Crippen LogP contribution in [0.2, 0.25) is 0 Å². The van der Waals surface area contributed by atoms with Crippen molar-refractivity contribution in [1.29, 1.82) is 0 Å². The highest BCUT2D eigenvalue weighted by Crippen LogP contribution is 2.02. The van der Waals surface area contributed by atoms with E-state index in [0.29, 0.717) is 0 Å². The van der Waals surface area contributed by atoms with Crippen molar-refractivity contribution in [1.82, 2.24) is 9.13 Å². The van der Waals surface area contributed by atoms with E-state index in [1.54, 1.807) is 23.2 Å². The van der Waals surface area contributed by atoms with Gasteiger partial charge in [-0.05, 0) is 6.42 Å². The van der Waals surface area contributed by atoms with Crippen molar-refractivity contribution in [2.45, 2.75) is 33.6 Å². The number of unbranched alkanes of at least 4 members (excludes halogenated alkanes) is 1. The van der Waals surface area contributed by atoms with E-state index in [-0.39, 0.29) is 11.8 Å². The van der Waals surface area contributed by atoms with Crippen LogP contribution in [-0.4, -0.2) is 44.2 Å². The monoisotopic (exact) mass is 242 g/mol. The Labute approximate surface area is 99.7 Å². The Morgan fingerprint density at radius 3 is 1.88 bits per heavy atom. The number of hydrogen-bond donors (Lipinski definition) is 0. The molecule has 0 aromatic rings. The van der Waals surface area contributed by atoms with Crippen LogP contribution < -0.4 is 0 Å². The van der Waals surface area contributed by atoms with Crippen molar-refractivity contribution >= 4 is 20.9 Å². The minimum atomic E-state index is -1.78. The van der Waals surface area contributed by atoms with Crippen LogP contribution in [0.5, 0.6) is 0 Å². The highest BCUT2D eigenvalue weighted by Gasteiger charge is 2.23. The molecule has 0 aromatic heterocycles. The molecule has 0 saturated carbocycles. The van der Waals surface area contributed by atoms with Gasteiger partial charge in [-0.3, -0.25) is 9.59 Å². The van der Waals surface area contributed by atoms with E-state index in [2.05, 4.69) is 13.0 Å². The Morgan fingerprint density at radius 2 is 1.56 bits per heavy atom. The number of hydrogen-bond acceptors (Lipinski definition) is 2. The molecule has 0 spiro atoms. The third-order valence-electron chi connectivity index (χ3n) is 2.55. The molecule has 0 unspecified atom stereocenters. The second-order valence-corrected chi connectivity index (χ2v) is 6.65. The molecule has 0 aliphatic carbocycles. The standard InChI is InChI=1S/C11H22N2O2Si/c1-6-7-8-9-16(12(4)10(2)14)13(5)11(3)15/h8-9,16H,6-7H2,1-5H3. The molecule has 0 aliphatic heterocycles. The molecule has 5 heteroatoms. The van der Waals surface area contributed by atoms with Crippen molar-refractivity contribution in [3.05, 3.63) is 11.8 Å². The smallest absolute Gasteiger partial charge is 0.277 e. The average Bonchev–Trinajstić information content (AvgIpc) is 2.22. The number of carbonyl (C=O) groups is 2. The second kappa shape index (κ2) is 7.22. The summed E-state index contributed by atoms with van der Waals surface area (Å²) in [6.07, 6.45) is 4.13. The van der Waals surface area contributed by atoms with Gasteiger partial charge in [0.2, 0.25) is 11.8 Å². The van der Waals surface area contributed by atoms with Crippen LogP contribution in [0.1, 0.15) is 33.6 Å². The van der Waals surface area contributed by atoms with E-state index >= 15 is 0 Å². The normalized spacial score (nSPS) is 10.9. The molecule has 0 radical (unpaired) electrons. The predicted molar refractivity (Wildman–Crippen MR) is 68.1 cm³/mol. The van der Waals surface area contributed by atoms with Crippen LogP contribution in [0, 0.1) is 0 Å². The van der Waals surface area contributed by atoms with E-state index in [1.165, 1.54) is 13.8 Å². The van der Waals surface area contributed by atoms with Gasteiger partial charge < -0.3 is 9.13 Å². The van der Waals surface area contributed by atoms with E-state index < -0.39 is 9.12 Å². The lowest BCUT2D eigenvalue weighted by atomic mass is 10.3. The molecule has 0 saturated heterocycles. The van der Waals surface area contributed by atoms with Gasteiger partial charge in [0.1, 0.15) is 0 Å². The predicted octanol–water partition coefficient (Wildman–Crippen LogP) is 1.06. The first-order chi connectivity index (χ1) is 7.41. The quantitative estimate of drug-likeness (QED) is 0.676. The van der Waals surface area contributed by atoms with Crippen LogP contribution in [0.3, 0.4) is 0 Å². The van der Waals surface area contributed by atoms with Crippen molar-refractivity contribution < 1.29 is 9.59 Å². The van der Waals surface area contributed by atoms with Crippen LogP contribution in [0.4, 0.5) is 0 Å². The first-order valence-electron chi connectivity index (χ1n) is 5.55. The van der Waals surface area contributed by atoms with E-state index in [1.807, 2.05) is 5.70 Å². The molecule has 0 N–H and O–H groups in total. The maximum absolute atomic E-state index is 11.3.